The van der Waals surface area contributed by atoms with Gasteiger partial charge in [-0.1, -0.05) is 29.8 Å². The Morgan fingerprint density at radius 1 is 0.865 bits per heavy atom. The number of nitrogens with zero attached hydrogens (tertiary/aromatic N) is 6. The molecule has 12 nitrogen and oxygen atoms in total. The minimum absolute atomic E-state index is 0.181. The van der Waals surface area contributed by atoms with Crippen LogP contribution in [0.2, 0.25) is 5.02 Å². The standard InChI is InChI=1S/C29H26ClN9O.C4F6O2/c30-25-18-33-28-35-23-14-20(16-32-17-23)6-7-21-15-22(34-27(25)37-28)8-9-26(21)36-29(40)38-10-12-39(19-31,13-11-38)24-4-2-1-3-5-24;5-3(6,7)1(11)2(12)4(8,9)10/h1-5,8-9,14-18H,6-7,10-13H2,(H2-,33,34,35,36,37,40);/p+1. The van der Waals surface area contributed by atoms with E-state index < -0.39 is 23.9 Å². The Bertz CT molecular complexity index is 1990. The molecule has 2 aliphatic heterocycles. The second kappa shape index (κ2) is 15.2. The van der Waals surface area contributed by atoms with E-state index in [-0.39, 0.29) is 10.5 Å². The number of hydrogen-bond acceptors (Lipinski definition) is 9. The number of ketones is 2. The van der Waals surface area contributed by atoms with Crippen LogP contribution in [0.1, 0.15) is 11.1 Å². The molecule has 270 valence electrons. The molecule has 19 heteroatoms. The number of quaternary nitrogens is 1. The van der Waals surface area contributed by atoms with Crippen molar-refractivity contribution in [2.45, 2.75) is 25.2 Å². The summed E-state index contributed by atoms with van der Waals surface area (Å²) in [7, 11) is 0. The highest BCUT2D eigenvalue weighted by Gasteiger charge is 2.54. The monoisotopic (exact) mass is 746 g/mol. The summed E-state index contributed by atoms with van der Waals surface area (Å²) in [5.74, 6) is -5.94. The van der Waals surface area contributed by atoms with Crippen LogP contribution in [-0.2, 0) is 22.4 Å². The van der Waals surface area contributed by atoms with Crippen LogP contribution in [-0.4, -0.2) is 76.0 Å². The largest absolute Gasteiger partial charge is 0.458 e. The summed E-state index contributed by atoms with van der Waals surface area (Å²) >= 11 is 6.38. The van der Waals surface area contributed by atoms with Crippen LogP contribution in [0.5, 0.6) is 0 Å². The molecule has 1 saturated heterocycles. The molecule has 4 aromatic rings. The molecule has 0 spiro atoms. The minimum Gasteiger partial charge on any atom is -0.339 e. The molecule has 2 aliphatic rings. The highest BCUT2D eigenvalue weighted by Crippen LogP contribution is 2.30. The number of anilines is 5. The number of rotatable bonds is 3. The lowest BCUT2D eigenvalue weighted by molar-refractivity contribution is -0.193. The molecule has 0 saturated carbocycles. The smallest absolute Gasteiger partial charge is 0.339 e. The quantitative estimate of drug-likeness (QED) is 0.0901. The lowest BCUT2D eigenvalue weighted by atomic mass is 10.0. The zero-order valence-electron chi connectivity index (χ0n) is 26.7. The third-order valence-corrected chi connectivity index (χ3v) is 8.32. The lowest BCUT2D eigenvalue weighted by Gasteiger charge is -2.37. The summed E-state index contributed by atoms with van der Waals surface area (Å²) in [4.78, 5) is 47.5. The number of fused-ring (bicyclic) bond motifs is 6. The van der Waals surface area contributed by atoms with E-state index in [9.17, 15) is 46.0 Å². The Labute approximate surface area is 296 Å². The van der Waals surface area contributed by atoms with Gasteiger partial charge in [0.2, 0.25) is 5.95 Å². The summed E-state index contributed by atoms with van der Waals surface area (Å²) in [6.45, 7) is 2.01. The van der Waals surface area contributed by atoms with Gasteiger partial charge in [0.1, 0.15) is 23.8 Å². The fourth-order valence-corrected chi connectivity index (χ4v) is 5.48. The van der Waals surface area contributed by atoms with Crippen LogP contribution >= 0.6 is 11.6 Å². The zero-order valence-corrected chi connectivity index (χ0v) is 27.5. The number of alkyl halides is 6. The summed E-state index contributed by atoms with van der Waals surface area (Å²) in [6.07, 6.45) is -2.59. The third kappa shape index (κ3) is 8.91. The number of benzene rings is 2. The Kier molecular flexibility index (Phi) is 11.0. The van der Waals surface area contributed by atoms with Crippen molar-refractivity contribution in [3.63, 3.8) is 0 Å². The molecule has 2 amide bonds. The number of urea groups is 1. The number of nitrogens with one attached hydrogen (secondary N) is 3. The van der Waals surface area contributed by atoms with Crippen molar-refractivity contribution in [1.82, 2.24) is 24.3 Å². The average molecular weight is 747 g/mol. The van der Waals surface area contributed by atoms with Crippen molar-refractivity contribution in [3.05, 3.63) is 89.3 Å². The van der Waals surface area contributed by atoms with Crippen molar-refractivity contribution >= 4 is 63.7 Å². The van der Waals surface area contributed by atoms with Gasteiger partial charge >= 0.3 is 36.1 Å². The number of halogens is 7. The number of pyridine rings is 1. The number of nitriles is 1. The van der Waals surface area contributed by atoms with Crippen LogP contribution in [0, 0.1) is 11.5 Å². The van der Waals surface area contributed by atoms with E-state index in [2.05, 4.69) is 37.1 Å². The fraction of sp³-hybridized carbons (Fsp3) is 0.242. The van der Waals surface area contributed by atoms with E-state index in [1.54, 1.807) is 17.3 Å². The number of carbonyl (C=O) groups is 3. The maximum Gasteiger partial charge on any atom is 0.458 e. The first-order chi connectivity index (χ1) is 24.6. The third-order valence-electron chi connectivity index (χ3n) is 8.04. The van der Waals surface area contributed by atoms with Crippen LogP contribution in [0.3, 0.4) is 0 Å². The zero-order chi connectivity index (χ0) is 37.7. The van der Waals surface area contributed by atoms with Gasteiger partial charge < -0.3 is 20.9 Å². The molecule has 4 heterocycles. The van der Waals surface area contributed by atoms with E-state index >= 15 is 0 Å². The van der Waals surface area contributed by atoms with Gasteiger partial charge in [0, 0.05) is 29.7 Å². The number of aromatic nitrogens is 3. The molecule has 0 radical (unpaired) electrons. The molecule has 52 heavy (non-hydrogen) atoms. The molecule has 6 bridgehead atoms. The van der Waals surface area contributed by atoms with Crippen LogP contribution < -0.4 is 20.4 Å². The van der Waals surface area contributed by atoms with Gasteiger partial charge in [-0.05, 0) is 48.2 Å². The SMILES string of the molecule is N#C[N+]1(c2ccccc2)CCN(C(=O)Nc2ccc3cc2CCc2cncc(c2)Nc2ncc(Cl)c(n2)N3)CC1.O=C(C(=O)C(F)(F)F)C(F)(F)F. The van der Waals surface area contributed by atoms with Crippen molar-refractivity contribution in [2.75, 3.05) is 42.1 Å². The molecule has 6 rings (SSSR count). The number of aryl methyl sites for hydroxylation is 2. The maximum absolute atomic E-state index is 13.4. The highest BCUT2D eigenvalue weighted by atomic mass is 35.5. The first kappa shape index (κ1) is 37.5. The van der Waals surface area contributed by atoms with Gasteiger partial charge in [-0.2, -0.15) is 35.8 Å². The average Bonchev–Trinajstić information content (AvgIpc) is 3.12. The van der Waals surface area contributed by atoms with E-state index in [4.69, 9.17) is 11.6 Å². The molecule has 0 unspecified atom stereocenters. The maximum atomic E-state index is 13.4. The van der Waals surface area contributed by atoms with Gasteiger partial charge in [0.05, 0.1) is 31.2 Å². The predicted octanol–water partition coefficient (Wildman–Crippen LogP) is 6.70. The van der Waals surface area contributed by atoms with Crippen LogP contribution in [0.25, 0.3) is 0 Å². The van der Waals surface area contributed by atoms with Gasteiger partial charge in [0.15, 0.2) is 5.82 Å². The minimum atomic E-state index is -5.77. The molecule has 3 N–H and O–H groups in total. The summed E-state index contributed by atoms with van der Waals surface area (Å²) in [6, 6.07) is 17.4. The van der Waals surface area contributed by atoms with Gasteiger partial charge in [-0.25, -0.2) is 9.78 Å². The molecule has 2 aromatic heterocycles. The van der Waals surface area contributed by atoms with Crippen LogP contribution in [0.4, 0.5) is 65.7 Å². The second-order valence-electron chi connectivity index (χ2n) is 11.5. The molecule has 0 atom stereocenters. The summed E-state index contributed by atoms with van der Waals surface area (Å²) in [5.41, 5.74) is 5.25. The number of piperazine rings is 1. The van der Waals surface area contributed by atoms with Gasteiger partial charge in [-0.3, -0.25) is 14.6 Å². The number of amides is 2. The van der Waals surface area contributed by atoms with Crippen molar-refractivity contribution in [1.29, 1.82) is 5.26 Å². The normalized spacial score (nSPS) is 15.0. The number of para-hydroxylation sites is 1. The van der Waals surface area contributed by atoms with E-state index in [1.165, 1.54) is 0 Å². The van der Waals surface area contributed by atoms with E-state index in [1.807, 2.05) is 60.8 Å². The first-order valence-corrected chi connectivity index (χ1v) is 15.7. The summed E-state index contributed by atoms with van der Waals surface area (Å²) in [5, 5.41) is 20.0. The highest BCUT2D eigenvalue weighted by molar-refractivity contribution is 6.41. The van der Waals surface area contributed by atoms with Crippen LogP contribution in [0.15, 0.2) is 73.2 Å². The number of Topliss-reactive ketones (excluding diaryl/α,β-unsaturated/α-hetero) is 2. The van der Waals surface area contributed by atoms with Gasteiger partial charge in [0.25, 0.3) is 0 Å². The van der Waals surface area contributed by atoms with Gasteiger partial charge in [-0.15, -0.1) is 5.26 Å². The van der Waals surface area contributed by atoms with E-state index in [0.717, 1.165) is 40.3 Å². The summed E-state index contributed by atoms with van der Waals surface area (Å²) < 4.78 is 67.2. The number of hydrogen-bond donors (Lipinski definition) is 3. The Balaban J connectivity index is 0.000000376. The molecule has 1 fully saturated rings. The van der Waals surface area contributed by atoms with Crippen molar-refractivity contribution in [2.24, 2.45) is 0 Å². The number of carbonyl (C=O) groups excluding carboxylic acids is 3. The molecule has 0 aliphatic carbocycles. The van der Waals surface area contributed by atoms with E-state index in [0.29, 0.717) is 49.4 Å². The first-order valence-electron chi connectivity index (χ1n) is 15.3. The predicted molar refractivity (Wildman–Crippen MR) is 178 cm³/mol. The molecular weight excluding hydrogens is 720 g/mol. The lowest BCUT2D eigenvalue weighted by Crippen LogP contribution is -2.59. The Hall–Kier alpha value is -5.80. The second-order valence-corrected chi connectivity index (χ2v) is 11.9. The molecular formula is C33H27ClF6N9O3+. The van der Waals surface area contributed by atoms with Crippen molar-refractivity contribution in [3.8, 4) is 6.19 Å². The Morgan fingerprint density at radius 3 is 2.17 bits per heavy atom. The molecule has 2 aromatic carbocycles. The topological polar surface area (TPSA) is 153 Å². The van der Waals surface area contributed by atoms with Crippen molar-refractivity contribution < 1.29 is 40.7 Å². The Morgan fingerprint density at radius 2 is 1.54 bits per heavy atom. The fourth-order valence-electron chi connectivity index (χ4n) is 5.34.